The fourth-order valence-corrected chi connectivity index (χ4v) is 4.33. The number of aromatic nitrogens is 3. The molecule has 0 fully saturated rings. The van der Waals surface area contributed by atoms with Gasteiger partial charge in [-0.3, -0.25) is 14.3 Å². The lowest BCUT2D eigenvalue weighted by atomic mass is 10.0. The number of pyridine rings is 3. The van der Waals surface area contributed by atoms with E-state index in [1.165, 1.54) is 16.7 Å². The lowest BCUT2D eigenvalue weighted by Crippen LogP contribution is -2.25. The van der Waals surface area contributed by atoms with E-state index in [1.54, 1.807) is 19.2 Å². The van der Waals surface area contributed by atoms with E-state index >= 15 is 0 Å². The second-order valence-electron chi connectivity index (χ2n) is 8.10. The smallest absolute Gasteiger partial charge is 0.274 e. The van der Waals surface area contributed by atoms with Gasteiger partial charge in [-0.2, -0.15) is 5.26 Å². The number of halogens is 5. The molecule has 2 N–H and O–H groups in total. The van der Waals surface area contributed by atoms with Crippen molar-refractivity contribution < 1.29 is 13.2 Å². The first-order chi connectivity index (χ1) is 16.5. The molecule has 4 rings (SSSR count). The molecule has 11 heteroatoms. The van der Waals surface area contributed by atoms with Crippen LogP contribution >= 0.6 is 23.2 Å². The zero-order valence-corrected chi connectivity index (χ0v) is 20.1. The second kappa shape index (κ2) is 8.87. The predicted octanol–water partition coefficient (Wildman–Crippen LogP) is 6.06. The fourth-order valence-electron chi connectivity index (χ4n) is 3.82. The molecule has 0 aliphatic carbocycles. The average molecular weight is 518 g/mol. The molecule has 0 atom stereocenters. The Morgan fingerprint density at radius 3 is 2.46 bits per heavy atom. The molecule has 0 saturated carbocycles. The normalized spacial score (nSPS) is 11.3. The molecule has 35 heavy (non-hydrogen) atoms. The van der Waals surface area contributed by atoms with E-state index in [0.717, 1.165) is 0 Å². The Morgan fingerprint density at radius 1 is 1.14 bits per heavy atom. The summed E-state index contributed by atoms with van der Waals surface area (Å²) in [6.07, 6.45) is 1.59. The maximum atomic E-state index is 14.8. The molecule has 1 aromatic carbocycles. The molecule has 0 radical (unpaired) electrons. The number of hydrogen-bond donors (Lipinski definition) is 1. The van der Waals surface area contributed by atoms with Gasteiger partial charge in [0.05, 0.1) is 38.4 Å². The van der Waals surface area contributed by atoms with Crippen LogP contribution in [-0.2, 0) is 0 Å². The predicted molar refractivity (Wildman–Crippen MR) is 128 cm³/mol. The first kappa shape index (κ1) is 24.5. The summed E-state index contributed by atoms with van der Waals surface area (Å²) in [4.78, 5) is 22.1. The summed E-state index contributed by atoms with van der Waals surface area (Å²) >= 11 is 12.4. The molecule has 0 saturated heterocycles. The highest BCUT2D eigenvalue weighted by Gasteiger charge is 2.27. The number of rotatable bonds is 3. The Kier molecular flexibility index (Phi) is 6.21. The minimum absolute atomic E-state index is 0.0230. The van der Waals surface area contributed by atoms with Crippen LogP contribution in [0.5, 0.6) is 0 Å². The van der Waals surface area contributed by atoms with E-state index in [2.05, 4.69) is 9.97 Å². The van der Waals surface area contributed by atoms with Gasteiger partial charge < -0.3 is 5.73 Å². The van der Waals surface area contributed by atoms with Gasteiger partial charge in [0, 0.05) is 11.6 Å². The van der Waals surface area contributed by atoms with Crippen molar-refractivity contribution >= 4 is 39.9 Å². The molecule has 4 aromatic rings. The highest BCUT2D eigenvalue weighted by Crippen LogP contribution is 2.41. The van der Waals surface area contributed by atoms with Crippen LogP contribution in [0.25, 0.3) is 28.0 Å². The van der Waals surface area contributed by atoms with Crippen LogP contribution in [-0.4, -0.2) is 14.5 Å². The lowest BCUT2D eigenvalue weighted by Gasteiger charge is -2.19. The van der Waals surface area contributed by atoms with Crippen molar-refractivity contribution in [2.24, 2.45) is 0 Å². The molecular weight excluding hydrogens is 502 g/mol. The van der Waals surface area contributed by atoms with Crippen LogP contribution < -0.4 is 11.3 Å². The zero-order valence-electron chi connectivity index (χ0n) is 18.6. The molecular formula is C24H16Cl2F3N5O. The van der Waals surface area contributed by atoms with Crippen LogP contribution in [0.3, 0.4) is 0 Å². The Bertz CT molecular complexity index is 1610. The third kappa shape index (κ3) is 3.79. The Labute approximate surface area is 207 Å². The van der Waals surface area contributed by atoms with E-state index in [-0.39, 0.29) is 33.2 Å². The van der Waals surface area contributed by atoms with Gasteiger partial charge in [0.25, 0.3) is 5.56 Å². The number of nitrogens with zero attached hydrogens (tertiary/aromatic N) is 4. The van der Waals surface area contributed by atoms with Gasteiger partial charge >= 0.3 is 0 Å². The molecule has 0 aliphatic rings. The van der Waals surface area contributed by atoms with Crippen molar-refractivity contribution in [3.8, 4) is 23.0 Å². The van der Waals surface area contributed by atoms with Gasteiger partial charge in [0.2, 0.25) is 0 Å². The van der Waals surface area contributed by atoms with Crippen LogP contribution in [0, 0.1) is 35.7 Å². The van der Waals surface area contributed by atoms with Crippen molar-refractivity contribution in [3.05, 3.63) is 79.1 Å². The minimum Gasteiger partial charge on any atom is -0.395 e. The van der Waals surface area contributed by atoms with E-state index in [9.17, 15) is 23.2 Å². The summed E-state index contributed by atoms with van der Waals surface area (Å²) in [5.41, 5.74) is 4.35. The van der Waals surface area contributed by atoms with Gasteiger partial charge in [-0.25, -0.2) is 18.2 Å². The van der Waals surface area contributed by atoms with E-state index in [1.807, 2.05) is 19.9 Å². The van der Waals surface area contributed by atoms with Crippen LogP contribution in [0.1, 0.15) is 36.6 Å². The monoisotopic (exact) mass is 517 g/mol. The Hall–Kier alpha value is -3.61. The third-order valence-electron chi connectivity index (χ3n) is 5.51. The van der Waals surface area contributed by atoms with Crippen molar-refractivity contribution in [2.45, 2.75) is 26.7 Å². The molecule has 6 nitrogen and oxygen atoms in total. The number of nitrogen functional groups attached to an aromatic ring is 1. The second-order valence-corrected chi connectivity index (χ2v) is 8.89. The number of benzene rings is 1. The number of fused-ring (bicyclic) bond motifs is 1. The summed E-state index contributed by atoms with van der Waals surface area (Å²) < 4.78 is 44.2. The summed E-state index contributed by atoms with van der Waals surface area (Å²) in [5, 5.41) is 9.02. The maximum absolute atomic E-state index is 14.8. The zero-order chi connectivity index (χ0) is 25.8. The maximum Gasteiger partial charge on any atom is 0.274 e. The summed E-state index contributed by atoms with van der Waals surface area (Å²) in [6, 6.07) is 6.15. The molecule has 0 aliphatic heterocycles. The largest absolute Gasteiger partial charge is 0.395 e. The Morgan fingerprint density at radius 2 is 1.83 bits per heavy atom. The number of hydrogen-bond acceptors (Lipinski definition) is 5. The Balaban J connectivity index is 2.23. The molecule has 0 bridgehead atoms. The standard InChI is InChI=1S/C24H16Cl2F3N5O/c1-9(2)20-22(10(3)4-5-32-20)34-23-11(6-12(8-30)24(34)35)7-13(25)21(33-23)14-15(26)19(31)18(29)17(28)16(14)27/h4-7,9H,31H2,1-3H3. The van der Waals surface area contributed by atoms with Gasteiger partial charge in [0.1, 0.15) is 17.3 Å². The summed E-state index contributed by atoms with van der Waals surface area (Å²) in [5.74, 6) is -5.25. The molecule has 0 amide bonds. The lowest BCUT2D eigenvalue weighted by molar-refractivity contribution is 0.451. The number of aryl methyl sites for hydroxylation is 1. The molecule has 0 unspecified atom stereocenters. The van der Waals surface area contributed by atoms with Gasteiger partial charge in [0.15, 0.2) is 17.5 Å². The van der Waals surface area contributed by atoms with Crippen LogP contribution in [0.2, 0.25) is 10.0 Å². The molecule has 0 spiro atoms. The highest BCUT2D eigenvalue weighted by molar-refractivity contribution is 6.38. The molecule has 178 valence electrons. The summed E-state index contributed by atoms with van der Waals surface area (Å²) in [6.45, 7) is 5.51. The van der Waals surface area contributed by atoms with E-state index in [0.29, 0.717) is 16.9 Å². The summed E-state index contributed by atoms with van der Waals surface area (Å²) in [7, 11) is 0. The number of anilines is 1. The topological polar surface area (TPSA) is 97.6 Å². The van der Waals surface area contributed by atoms with Gasteiger partial charge in [-0.1, -0.05) is 37.0 Å². The van der Waals surface area contributed by atoms with Crippen molar-refractivity contribution in [2.75, 3.05) is 5.73 Å². The molecule has 3 heterocycles. The number of nitriles is 1. The van der Waals surface area contributed by atoms with Crippen LogP contribution in [0.4, 0.5) is 18.9 Å². The van der Waals surface area contributed by atoms with Crippen molar-refractivity contribution in [1.29, 1.82) is 5.26 Å². The first-order valence-corrected chi connectivity index (χ1v) is 11.0. The number of nitrogens with two attached hydrogens (primary N) is 1. The van der Waals surface area contributed by atoms with Crippen molar-refractivity contribution in [3.63, 3.8) is 0 Å². The third-order valence-corrected chi connectivity index (χ3v) is 6.19. The minimum atomic E-state index is -1.85. The van der Waals surface area contributed by atoms with Crippen LogP contribution in [0.15, 0.2) is 29.2 Å². The first-order valence-electron chi connectivity index (χ1n) is 10.2. The van der Waals surface area contributed by atoms with E-state index in [4.69, 9.17) is 28.9 Å². The fraction of sp³-hybridized carbons (Fsp3) is 0.167. The van der Waals surface area contributed by atoms with Gasteiger partial charge in [-0.15, -0.1) is 0 Å². The van der Waals surface area contributed by atoms with Crippen molar-refractivity contribution in [1.82, 2.24) is 14.5 Å². The van der Waals surface area contributed by atoms with Gasteiger partial charge in [-0.05, 0) is 36.6 Å². The SMILES string of the molecule is Cc1ccnc(C(C)C)c1-n1c(=O)c(C#N)cc2cc(Cl)c(-c3c(F)c(F)c(F)c(N)c3Cl)nc21. The van der Waals surface area contributed by atoms with E-state index < -0.39 is 39.3 Å². The highest BCUT2D eigenvalue weighted by atomic mass is 35.5. The molecule has 3 aromatic heterocycles. The average Bonchev–Trinajstić information content (AvgIpc) is 2.82. The quantitative estimate of drug-likeness (QED) is 0.202.